The standard InChI is InChI=1S/C67H88N10O13Si/c1-10-45(8)57-62(83)71-51(38-47-30-33-52(34-31-47)90-91(42(2)3,43(4)5)44(6)7)32-35-56(78)69-39-54(73-59(80)46(9)70-60(81)50-26-18-13-19-27-50)64(85)76-36-21-29-55(76)61(82)72-53(58(79)63(84)74-57)28-20-37-77(67(87)89-41-49-24-16-12-17-25-49)65(68)75-66(86)88-40-48-22-14-11-15-23-48/h11-19,22-27,30-35,42-46,51,53-55,57H,10,20-21,28-29,36-41H2,1-9H3,(H,69,78)(H,70,81)(H,71,83)(H,72,82)(H,73,80)(H,74,84)(H2,68,75,86)/b35-32-/t45-,46+,51-,53+,54+,55+,57-/m1/s1. The van der Waals surface area contributed by atoms with E-state index in [1.807, 2.05) is 24.3 Å². The predicted octanol–water partition coefficient (Wildman–Crippen LogP) is 7.11. The number of benzene rings is 4. The minimum atomic E-state index is -2.34. The molecule has 6 rings (SSSR count). The molecule has 91 heavy (non-hydrogen) atoms. The van der Waals surface area contributed by atoms with Crippen LogP contribution in [-0.2, 0) is 62.7 Å². The van der Waals surface area contributed by atoms with Crippen molar-refractivity contribution in [3.8, 4) is 5.75 Å². The fourth-order valence-corrected chi connectivity index (χ4v) is 16.7. The van der Waals surface area contributed by atoms with Crippen LogP contribution in [0.4, 0.5) is 9.59 Å². The number of rotatable bonds is 21. The zero-order valence-electron chi connectivity index (χ0n) is 53.4. The maximum Gasteiger partial charge on any atom is 0.416 e. The Morgan fingerprint density at radius 1 is 0.725 bits per heavy atom. The number of hydrogen-bond donors (Lipinski definition) is 8. The zero-order chi connectivity index (χ0) is 66.4. The molecule has 0 bridgehead atoms. The molecule has 2 aliphatic rings. The summed E-state index contributed by atoms with van der Waals surface area (Å²) < 4.78 is 17.8. The Labute approximate surface area is 533 Å². The van der Waals surface area contributed by atoms with Crippen LogP contribution in [0.1, 0.15) is 121 Å². The average Bonchev–Trinajstić information content (AvgIpc) is 1.80. The third kappa shape index (κ3) is 20.2. The summed E-state index contributed by atoms with van der Waals surface area (Å²) in [4.78, 5) is 143. The molecular weight excluding hydrogens is 1180 g/mol. The molecule has 7 atom stereocenters. The van der Waals surface area contributed by atoms with Gasteiger partial charge in [0.25, 0.3) is 20.1 Å². The van der Waals surface area contributed by atoms with Crippen molar-refractivity contribution in [3.05, 3.63) is 150 Å². The number of fused-ring (bicyclic) bond motifs is 1. The normalized spacial score (nSPS) is 19.6. The van der Waals surface area contributed by atoms with Crippen LogP contribution in [0.5, 0.6) is 5.75 Å². The van der Waals surface area contributed by atoms with E-state index < -0.39 is 129 Å². The number of carbonyl (C=O) groups excluding carboxylic acids is 10. The van der Waals surface area contributed by atoms with Crippen molar-refractivity contribution < 1.29 is 61.8 Å². The molecule has 9 amide bonds. The fourth-order valence-electron chi connectivity index (χ4n) is 11.4. The third-order valence-electron chi connectivity index (χ3n) is 16.5. The number of guanidine groups is 1. The van der Waals surface area contributed by atoms with Gasteiger partial charge in [0.1, 0.15) is 43.1 Å². The van der Waals surface area contributed by atoms with Crippen LogP contribution >= 0.6 is 0 Å². The Morgan fingerprint density at radius 2 is 1.32 bits per heavy atom. The van der Waals surface area contributed by atoms with Gasteiger partial charge in [0.05, 0.1) is 12.1 Å². The van der Waals surface area contributed by atoms with Gasteiger partial charge in [0.2, 0.25) is 41.3 Å². The molecule has 24 heteroatoms. The third-order valence-corrected chi connectivity index (χ3v) is 22.5. The van der Waals surface area contributed by atoms with E-state index in [4.69, 9.17) is 19.3 Å². The first kappa shape index (κ1) is 70.9. The van der Waals surface area contributed by atoms with E-state index in [0.29, 0.717) is 39.9 Å². The van der Waals surface area contributed by atoms with Crippen LogP contribution in [-0.4, -0.2) is 139 Å². The van der Waals surface area contributed by atoms with Gasteiger partial charge in [0.15, 0.2) is 0 Å². The molecule has 1 saturated heterocycles. The number of amides is 9. The average molecular weight is 1270 g/mol. The van der Waals surface area contributed by atoms with E-state index in [0.717, 1.165) is 10.5 Å². The minimum absolute atomic E-state index is 0.00533. The van der Waals surface area contributed by atoms with E-state index in [-0.39, 0.29) is 57.4 Å². The van der Waals surface area contributed by atoms with Crippen LogP contribution in [0.2, 0.25) is 16.6 Å². The summed E-state index contributed by atoms with van der Waals surface area (Å²) in [6.45, 7) is 16.7. The van der Waals surface area contributed by atoms with Crippen molar-refractivity contribution in [1.82, 2.24) is 47.0 Å². The molecule has 8 N–H and O–H groups in total. The quantitative estimate of drug-likeness (QED) is 0.0179. The fraction of sp³-hybridized carbons (Fsp3) is 0.448. The summed E-state index contributed by atoms with van der Waals surface area (Å²) in [5, 5.41) is 27.3. The molecular formula is C67H88N10O13Si. The molecule has 0 saturated carbocycles. The van der Waals surface area contributed by atoms with Crippen LogP contribution in [0.25, 0.3) is 0 Å². The minimum Gasteiger partial charge on any atom is -0.543 e. The molecule has 4 aromatic rings. The largest absolute Gasteiger partial charge is 0.543 e. The first-order valence-electron chi connectivity index (χ1n) is 31.1. The molecule has 0 radical (unpaired) electrons. The Hall–Kier alpha value is -9.19. The van der Waals surface area contributed by atoms with Crippen LogP contribution in [0, 0.1) is 11.3 Å². The molecule has 0 unspecified atom stereocenters. The second-order valence-corrected chi connectivity index (χ2v) is 29.3. The molecule has 1 fully saturated rings. The van der Waals surface area contributed by atoms with E-state index in [1.165, 1.54) is 24.0 Å². The van der Waals surface area contributed by atoms with Crippen LogP contribution in [0.15, 0.2) is 127 Å². The highest BCUT2D eigenvalue weighted by Gasteiger charge is 2.47. The highest BCUT2D eigenvalue weighted by atomic mass is 28.4. The van der Waals surface area contributed by atoms with Gasteiger partial charge in [-0.25, -0.2) is 14.5 Å². The lowest BCUT2D eigenvalue weighted by molar-refractivity contribution is -0.144. The zero-order valence-corrected chi connectivity index (χ0v) is 54.4. The van der Waals surface area contributed by atoms with Gasteiger partial charge in [-0.15, -0.1) is 0 Å². The molecule has 0 aliphatic carbocycles. The summed E-state index contributed by atoms with van der Waals surface area (Å²) in [5.41, 5.74) is 3.20. The Bertz CT molecular complexity index is 3180. The second kappa shape index (κ2) is 34.1. The number of hydrogen-bond acceptors (Lipinski definition) is 14. The van der Waals surface area contributed by atoms with Gasteiger partial charge in [0, 0.05) is 31.3 Å². The SMILES string of the molecule is CC[C@@H](C)[C@H]1NC(=O)C(=O)[C@H](CCCN(C(=N)NC(=O)OCc2ccccc2)C(=O)OCc2ccccc2)NC(=O)[C@@H]2CCCN2C(=O)[C@@H](NC(=O)[C@H](C)NC(=O)c2ccccc2)CNC(=O)/C=C\[C@H](Cc2ccc(O[Si](C(C)C)(C(C)C)C(C)C)cc2)NC1=O. The summed E-state index contributed by atoms with van der Waals surface area (Å²) in [6.07, 6.45) is 0.719. The molecule has 2 heterocycles. The topological polar surface area (TPSA) is 313 Å². The van der Waals surface area contributed by atoms with Crippen LogP contribution in [0.3, 0.4) is 0 Å². The highest BCUT2D eigenvalue weighted by Crippen LogP contribution is 2.43. The van der Waals surface area contributed by atoms with Crippen molar-refractivity contribution in [2.45, 2.75) is 167 Å². The molecule has 0 spiro atoms. The summed E-state index contributed by atoms with van der Waals surface area (Å²) in [6, 6.07) is 25.1. The van der Waals surface area contributed by atoms with Gasteiger partial charge in [-0.3, -0.25) is 49.1 Å². The van der Waals surface area contributed by atoms with Gasteiger partial charge in [-0.05, 0) is 103 Å². The van der Waals surface area contributed by atoms with E-state index in [9.17, 15) is 47.9 Å². The van der Waals surface area contributed by atoms with E-state index in [1.54, 1.807) is 105 Å². The Kier molecular flexibility index (Phi) is 26.6. The lowest BCUT2D eigenvalue weighted by atomic mass is 9.96. The number of alkyl carbamates (subject to hydrolysis) is 1. The van der Waals surface area contributed by atoms with Crippen molar-refractivity contribution in [3.63, 3.8) is 0 Å². The Morgan fingerprint density at radius 3 is 1.91 bits per heavy atom. The number of nitrogens with one attached hydrogen (secondary N) is 8. The number of ketones is 1. The first-order valence-corrected chi connectivity index (χ1v) is 33.3. The smallest absolute Gasteiger partial charge is 0.416 e. The molecule has 0 aromatic heterocycles. The predicted molar refractivity (Wildman–Crippen MR) is 344 cm³/mol. The van der Waals surface area contributed by atoms with Gasteiger partial charge < -0.3 is 50.7 Å². The van der Waals surface area contributed by atoms with Crippen molar-refractivity contribution in [2.24, 2.45) is 5.92 Å². The second-order valence-electron chi connectivity index (χ2n) is 23.9. The number of carbonyl (C=O) groups is 10. The maximum atomic E-state index is 14.8. The number of nitrogens with zero attached hydrogens (tertiary/aromatic N) is 2. The maximum absolute atomic E-state index is 14.8. The summed E-state index contributed by atoms with van der Waals surface area (Å²) >= 11 is 0. The summed E-state index contributed by atoms with van der Waals surface area (Å²) in [5.74, 6) is -7.53. The summed E-state index contributed by atoms with van der Waals surface area (Å²) in [7, 11) is -2.34. The van der Waals surface area contributed by atoms with Crippen molar-refractivity contribution >= 4 is 73.6 Å². The molecule has 4 aromatic carbocycles. The lowest BCUT2D eigenvalue weighted by Crippen LogP contribution is -2.60. The lowest BCUT2D eigenvalue weighted by Gasteiger charge is -2.42. The molecule has 2 aliphatic heterocycles. The Balaban J connectivity index is 1.33. The van der Waals surface area contributed by atoms with Crippen LogP contribution < -0.4 is 41.6 Å². The van der Waals surface area contributed by atoms with Crippen molar-refractivity contribution in [2.75, 3.05) is 19.6 Å². The number of ether oxygens (including phenoxy) is 2. The molecule has 23 nitrogen and oxygen atoms in total. The molecule has 488 valence electrons. The monoisotopic (exact) mass is 1270 g/mol. The van der Waals surface area contributed by atoms with E-state index >= 15 is 0 Å². The first-order chi connectivity index (χ1) is 43.4. The van der Waals surface area contributed by atoms with Gasteiger partial charge >= 0.3 is 12.2 Å². The van der Waals surface area contributed by atoms with E-state index in [2.05, 4.69) is 78.8 Å². The highest BCUT2D eigenvalue weighted by molar-refractivity contribution is 6.78. The van der Waals surface area contributed by atoms with Gasteiger partial charge in [-0.1, -0.05) is 159 Å². The number of Topliss-reactive ketones (excluding diaryl/α,β-unsaturated/α-hetero) is 1. The van der Waals surface area contributed by atoms with Crippen molar-refractivity contribution in [1.29, 1.82) is 5.41 Å². The van der Waals surface area contributed by atoms with Gasteiger partial charge in [-0.2, -0.15) is 0 Å².